The lowest BCUT2D eigenvalue weighted by molar-refractivity contribution is 0.318. The van der Waals surface area contributed by atoms with E-state index in [-0.39, 0.29) is 5.84 Å². The van der Waals surface area contributed by atoms with Crippen LogP contribution in [0.1, 0.15) is 5.56 Å². The standard InChI is InChI=1S/C10H9N5OS/c11-9(15-16)7-2-3-8(14-6-7)17-10-12-4-1-5-13-10/h1-6,16H,(H2,11,15). The molecule has 0 saturated carbocycles. The maximum absolute atomic E-state index is 8.50. The number of nitrogens with zero attached hydrogens (tertiary/aromatic N) is 4. The summed E-state index contributed by atoms with van der Waals surface area (Å²) in [4.78, 5) is 12.3. The molecule has 6 nitrogen and oxygen atoms in total. The molecule has 0 spiro atoms. The van der Waals surface area contributed by atoms with Crippen LogP contribution in [0.25, 0.3) is 0 Å². The molecule has 2 aromatic heterocycles. The molecule has 86 valence electrons. The highest BCUT2D eigenvalue weighted by molar-refractivity contribution is 7.99. The quantitative estimate of drug-likeness (QED) is 0.277. The Hall–Kier alpha value is -2.15. The molecule has 0 saturated heterocycles. The highest BCUT2D eigenvalue weighted by Crippen LogP contribution is 2.21. The molecule has 3 N–H and O–H groups in total. The van der Waals surface area contributed by atoms with Gasteiger partial charge in [-0.1, -0.05) is 5.16 Å². The van der Waals surface area contributed by atoms with E-state index in [9.17, 15) is 0 Å². The van der Waals surface area contributed by atoms with Crippen LogP contribution in [0.4, 0.5) is 0 Å². The van der Waals surface area contributed by atoms with E-state index in [1.807, 2.05) is 0 Å². The number of hydrogen-bond acceptors (Lipinski definition) is 6. The topological polar surface area (TPSA) is 97.3 Å². The average Bonchev–Trinajstić information content (AvgIpc) is 2.40. The van der Waals surface area contributed by atoms with Crippen LogP contribution in [0.2, 0.25) is 0 Å². The van der Waals surface area contributed by atoms with Gasteiger partial charge in [0, 0.05) is 24.2 Å². The smallest absolute Gasteiger partial charge is 0.193 e. The first-order chi connectivity index (χ1) is 8.29. The number of pyridine rings is 1. The van der Waals surface area contributed by atoms with Crippen LogP contribution in [0, 0.1) is 0 Å². The van der Waals surface area contributed by atoms with Gasteiger partial charge in [0.25, 0.3) is 0 Å². The minimum absolute atomic E-state index is 0.0324. The van der Waals surface area contributed by atoms with E-state index in [4.69, 9.17) is 10.9 Å². The molecule has 2 rings (SSSR count). The number of oxime groups is 1. The van der Waals surface area contributed by atoms with Crippen molar-refractivity contribution in [3.63, 3.8) is 0 Å². The van der Waals surface area contributed by atoms with Crippen molar-refractivity contribution in [1.29, 1.82) is 0 Å². The molecule has 0 radical (unpaired) electrons. The zero-order valence-corrected chi connectivity index (χ0v) is 9.50. The van der Waals surface area contributed by atoms with Crippen LogP contribution in [-0.4, -0.2) is 26.0 Å². The van der Waals surface area contributed by atoms with Crippen molar-refractivity contribution >= 4 is 17.6 Å². The second-order valence-corrected chi connectivity index (χ2v) is 3.99. The molecule has 7 heteroatoms. The van der Waals surface area contributed by atoms with E-state index in [2.05, 4.69) is 20.1 Å². The van der Waals surface area contributed by atoms with Gasteiger partial charge in [0.2, 0.25) is 0 Å². The molecule has 17 heavy (non-hydrogen) atoms. The van der Waals surface area contributed by atoms with Crippen LogP contribution >= 0.6 is 11.8 Å². The number of hydrogen-bond donors (Lipinski definition) is 2. The van der Waals surface area contributed by atoms with Crippen LogP contribution in [0.5, 0.6) is 0 Å². The van der Waals surface area contributed by atoms with Crippen molar-refractivity contribution in [2.75, 3.05) is 0 Å². The van der Waals surface area contributed by atoms with Gasteiger partial charge in [-0.15, -0.1) is 0 Å². The third-order valence-electron chi connectivity index (χ3n) is 1.88. The lowest BCUT2D eigenvalue weighted by Gasteiger charge is -2.00. The van der Waals surface area contributed by atoms with Gasteiger partial charge in [-0.2, -0.15) is 0 Å². The number of rotatable bonds is 3. The Balaban J connectivity index is 2.14. The zero-order valence-electron chi connectivity index (χ0n) is 8.69. The molecule has 0 unspecified atom stereocenters. The van der Waals surface area contributed by atoms with E-state index in [0.29, 0.717) is 10.7 Å². The Morgan fingerprint density at radius 3 is 2.59 bits per heavy atom. The average molecular weight is 247 g/mol. The maximum Gasteiger partial charge on any atom is 0.193 e. The second-order valence-electron chi connectivity index (χ2n) is 3.00. The number of aromatic nitrogens is 3. The fraction of sp³-hybridized carbons (Fsp3) is 0. The van der Waals surface area contributed by atoms with Gasteiger partial charge in [-0.25, -0.2) is 15.0 Å². The summed E-state index contributed by atoms with van der Waals surface area (Å²) in [7, 11) is 0. The molecular weight excluding hydrogens is 238 g/mol. The second kappa shape index (κ2) is 5.26. The highest BCUT2D eigenvalue weighted by Gasteiger charge is 2.03. The van der Waals surface area contributed by atoms with E-state index < -0.39 is 0 Å². The summed E-state index contributed by atoms with van der Waals surface area (Å²) in [6, 6.07) is 5.22. The van der Waals surface area contributed by atoms with Gasteiger partial charge in [0.05, 0.1) is 0 Å². The van der Waals surface area contributed by atoms with Crippen molar-refractivity contribution in [1.82, 2.24) is 15.0 Å². The Bertz CT molecular complexity index is 514. The van der Waals surface area contributed by atoms with E-state index in [0.717, 1.165) is 5.03 Å². The van der Waals surface area contributed by atoms with Crippen molar-refractivity contribution < 1.29 is 5.21 Å². The van der Waals surface area contributed by atoms with Crippen LogP contribution in [-0.2, 0) is 0 Å². The van der Waals surface area contributed by atoms with E-state index in [1.165, 1.54) is 18.0 Å². The summed E-state index contributed by atoms with van der Waals surface area (Å²) >= 11 is 1.34. The molecule has 0 aliphatic heterocycles. The minimum Gasteiger partial charge on any atom is -0.409 e. The summed E-state index contributed by atoms with van der Waals surface area (Å²) in [5.41, 5.74) is 5.99. The minimum atomic E-state index is 0.0324. The van der Waals surface area contributed by atoms with Gasteiger partial charge in [0.15, 0.2) is 11.0 Å². The summed E-state index contributed by atoms with van der Waals surface area (Å²) in [5.74, 6) is 0.0324. The number of nitrogens with two attached hydrogens (primary N) is 1. The van der Waals surface area contributed by atoms with Gasteiger partial charge in [0.1, 0.15) is 5.03 Å². The fourth-order valence-electron chi connectivity index (χ4n) is 1.08. The third-order valence-corrected chi connectivity index (χ3v) is 2.72. The summed E-state index contributed by atoms with van der Waals surface area (Å²) in [6.45, 7) is 0. The molecule has 0 aromatic carbocycles. The van der Waals surface area contributed by atoms with Gasteiger partial charge in [-0.3, -0.25) is 0 Å². The van der Waals surface area contributed by atoms with Gasteiger partial charge in [-0.05, 0) is 30.0 Å². The van der Waals surface area contributed by atoms with Crippen LogP contribution in [0.3, 0.4) is 0 Å². The number of amidine groups is 1. The molecule has 0 fully saturated rings. The zero-order chi connectivity index (χ0) is 12.1. The third kappa shape index (κ3) is 2.91. The monoisotopic (exact) mass is 247 g/mol. The lowest BCUT2D eigenvalue weighted by Crippen LogP contribution is -2.13. The predicted octanol–water partition coefficient (Wildman–Crippen LogP) is 1.12. The highest BCUT2D eigenvalue weighted by atomic mass is 32.2. The first-order valence-electron chi connectivity index (χ1n) is 4.68. The van der Waals surface area contributed by atoms with Crippen LogP contribution < -0.4 is 5.73 Å². The molecule has 2 aromatic rings. The molecule has 0 aliphatic rings. The van der Waals surface area contributed by atoms with Crippen molar-refractivity contribution in [2.45, 2.75) is 10.2 Å². The Kier molecular flexibility index (Phi) is 3.51. The molecule has 0 atom stereocenters. The van der Waals surface area contributed by atoms with Crippen molar-refractivity contribution in [3.05, 3.63) is 42.4 Å². The molecule has 0 bridgehead atoms. The Morgan fingerprint density at radius 2 is 2.00 bits per heavy atom. The van der Waals surface area contributed by atoms with E-state index >= 15 is 0 Å². The largest absolute Gasteiger partial charge is 0.409 e. The molecule has 0 amide bonds. The Labute approximate surface area is 102 Å². The first-order valence-corrected chi connectivity index (χ1v) is 5.50. The normalized spacial score (nSPS) is 11.4. The predicted molar refractivity (Wildman–Crippen MR) is 62.9 cm³/mol. The lowest BCUT2D eigenvalue weighted by atomic mass is 10.3. The van der Waals surface area contributed by atoms with Gasteiger partial charge >= 0.3 is 0 Å². The van der Waals surface area contributed by atoms with Gasteiger partial charge < -0.3 is 10.9 Å². The first kappa shape index (κ1) is 11.3. The summed E-state index contributed by atoms with van der Waals surface area (Å²) in [6.07, 6.45) is 4.86. The van der Waals surface area contributed by atoms with Crippen molar-refractivity contribution in [2.24, 2.45) is 10.9 Å². The van der Waals surface area contributed by atoms with Crippen LogP contribution in [0.15, 0.2) is 52.1 Å². The van der Waals surface area contributed by atoms with Crippen molar-refractivity contribution in [3.8, 4) is 0 Å². The Morgan fingerprint density at radius 1 is 1.24 bits per heavy atom. The van der Waals surface area contributed by atoms with E-state index in [1.54, 1.807) is 30.6 Å². The SMILES string of the molecule is N/C(=N\O)c1ccc(Sc2ncccn2)nc1. The summed E-state index contributed by atoms with van der Waals surface area (Å²) in [5, 5.41) is 12.8. The maximum atomic E-state index is 8.50. The summed E-state index contributed by atoms with van der Waals surface area (Å²) < 4.78 is 0. The molecule has 2 heterocycles. The fourth-order valence-corrected chi connectivity index (χ4v) is 1.74. The molecule has 0 aliphatic carbocycles. The molecular formula is C10H9N5OS.